The molecule has 1 heterocycles. The number of ether oxygens (including phenoxy) is 1. The third-order valence-corrected chi connectivity index (χ3v) is 4.23. The van der Waals surface area contributed by atoms with Gasteiger partial charge in [0.1, 0.15) is 5.60 Å². The molecule has 1 aliphatic rings. The number of halogens is 3. The van der Waals surface area contributed by atoms with Crippen LogP contribution in [0.4, 0.5) is 18.0 Å². The number of alkyl carbamates (subject to hydrolysis) is 1. The Balaban J connectivity index is 1.98. The Bertz CT molecular complexity index is 612. The van der Waals surface area contributed by atoms with E-state index in [1.165, 1.54) is 12.1 Å². The molecule has 1 aromatic carbocycles. The number of carbonyl (C=O) groups excluding carboxylic acids is 1. The van der Waals surface area contributed by atoms with E-state index in [1.54, 1.807) is 20.8 Å². The fourth-order valence-corrected chi connectivity index (χ4v) is 3.05. The molecule has 0 radical (unpaired) electrons. The lowest BCUT2D eigenvalue weighted by molar-refractivity contribution is -0.137. The molecule has 2 atom stereocenters. The second kappa shape index (κ2) is 7.84. The van der Waals surface area contributed by atoms with Crippen molar-refractivity contribution in [3.63, 3.8) is 0 Å². The van der Waals surface area contributed by atoms with Gasteiger partial charge in [-0.05, 0) is 44.9 Å². The second-order valence-electron chi connectivity index (χ2n) is 7.50. The van der Waals surface area contributed by atoms with Crippen LogP contribution in [0.1, 0.15) is 44.4 Å². The smallest absolute Gasteiger partial charge is 0.416 e. The van der Waals surface area contributed by atoms with Gasteiger partial charge in [0.25, 0.3) is 0 Å². The Hall–Kier alpha value is -1.80. The minimum atomic E-state index is -4.35. The lowest BCUT2D eigenvalue weighted by atomic mass is 10.0. The molecule has 1 saturated heterocycles. The van der Waals surface area contributed by atoms with Crippen molar-refractivity contribution >= 4 is 6.09 Å². The first kappa shape index (κ1) is 20.5. The minimum Gasteiger partial charge on any atom is -0.444 e. The predicted octanol–water partition coefficient (Wildman–Crippen LogP) is 3.30. The molecule has 0 saturated carbocycles. The average molecular weight is 373 g/mol. The summed E-state index contributed by atoms with van der Waals surface area (Å²) in [6.45, 7) is 6.93. The van der Waals surface area contributed by atoms with Gasteiger partial charge < -0.3 is 15.8 Å². The van der Waals surface area contributed by atoms with E-state index < -0.39 is 23.4 Å². The molecular formula is C18H26F3N3O2. The van der Waals surface area contributed by atoms with Crippen LogP contribution in [0.2, 0.25) is 0 Å². The summed E-state index contributed by atoms with van der Waals surface area (Å²) in [7, 11) is 0. The lowest BCUT2D eigenvalue weighted by Gasteiger charge is -2.27. The Labute approximate surface area is 151 Å². The monoisotopic (exact) mass is 373 g/mol. The number of hydrogen-bond acceptors (Lipinski definition) is 4. The van der Waals surface area contributed by atoms with E-state index in [2.05, 4.69) is 10.2 Å². The quantitative estimate of drug-likeness (QED) is 0.850. The molecule has 5 nitrogen and oxygen atoms in total. The van der Waals surface area contributed by atoms with E-state index in [0.717, 1.165) is 24.1 Å². The van der Waals surface area contributed by atoms with E-state index in [9.17, 15) is 18.0 Å². The largest absolute Gasteiger partial charge is 0.444 e. The van der Waals surface area contributed by atoms with Crippen LogP contribution < -0.4 is 11.1 Å². The van der Waals surface area contributed by atoms with Gasteiger partial charge in [0.15, 0.2) is 0 Å². The summed E-state index contributed by atoms with van der Waals surface area (Å²) in [5.74, 6) is 0. The summed E-state index contributed by atoms with van der Waals surface area (Å²) >= 11 is 0. The standard InChI is InChI=1S/C18H26F3N3O2/c1-17(2,3)26-16(25)23-14-8-9-24(11-14)15(10-22)12-4-6-13(7-5-12)18(19,20)21/h4-7,14-15H,8-11,22H2,1-3H3,(H,23,25)/t14-,15-/m0/s1. The Morgan fingerprint density at radius 1 is 1.31 bits per heavy atom. The van der Waals surface area contributed by atoms with Crippen LogP contribution in [0, 0.1) is 0 Å². The normalized spacial score (nSPS) is 20.0. The van der Waals surface area contributed by atoms with Gasteiger partial charge in [-0.2, -0.15) is 13.2 Å². The molecule has 26 heavy (non-hydrogen) atoms. The van der Waals surface area contributed by atoms with E-state index >= 15 is 0 Å². The highest BCUT2D eigenvalue weighted by atomic mass is 19.4. The van der Waals surface area contributed by atoms with Crippen molar-refractivity contribution in [1.29, 1.82) is 0 Å². The SMILES string of the molecule is CC(C)(C)OC(=O)N[C@H]1CCN([C@@H](CN)c2ccc(C(F)(F)F)cc2)C1. The topological polar surface area (TPSA) is 67.6 Å². The Morgan fingerprint density at radius 3 is 2.42 bits per heavy atom. The predicted molar refractivity (Wildman–Crippen MR) is 92.6 cm³/mol. The molecule has 1 aromatic rings. The number of carbonyl (C=O) groups is 1. The fourth-order valence-electron chi connectivity index (χ4n) is 3.05. The number of nitrogens with one attached hydrogen (secondary N) is 1. The third-order valence-electron chi connectivity index (χ3n) is 4.23. The van der Waals surface area contributed by atoms with Crippen molar-refractivity contribution in [3.05, 3.63) is 35.4 Å². The minimum absolute atomic E-state index is 0.0756. The molecule has 0 aromatic heterocycles. The number of benzene rings is 1. The summed E-state index contributed by atoms with van der Waals surface area (Å²) < 4.78 is 43.4. The van der Waals surface area contributed by atoms with Crippen molar-refractivity contribution in [2.75, 3.05) is 19.6 Å². The molecular weight excluding hydrogens is 347 g/mol. The zero-order chi connectivity index (χ0) is 19.5. The first-order valence-electron chi connectivity index (χ1n) is 8.60. The first-order valence-corrected chi connectivity index (χ1v) is 8.60. The van der Waals surface area contributed by atoms with Gasteiger partial charge in [0, 0.05) is 31.7 Å². The van der Waals surface area contributed by atoms with Crippen LogP contribution in [0.15, 0.2) is 24.3 Å². The van der Waals surface area contributed by atoms with Crippen LogP contribution in [-0.4, -0.2) is 42.3 Å². The van der Waals surface area contributed by atoms with E-state index in [-0.39, 0.29) is 18.6 Å². The van der Waals surface area contributed by atoms with Gasteiger partial charge in [0.2, 0.25) is 0 Å². The maximum absolute atomic E-state index is 12.7. The summed E-state index contributed by atoms with van der Waals surface area (Å²) in [6, 6.07) is 4.81. The van der Waals surface area contributed by atoms with E-state index in [0.29, 0.717) is 13.1 Å². The summed E-state index contributed by atoms with van der Waals surface area (Å²) in [5, 5.41) is 2.83. The second-order valence-corrected chi connectivity index (χ2v) is 7.50. The molecule has 0 spiro atoms. The van der Waals surface area contributed by atoms with Gasteiger partial charge >= 0.3 is 12.3 Å². The van der Waals surface area contributed by atoms with Crippen molar-refractivity contribution in [1.82, 2.24) is 10.2 Å². The number of alkyl halides is 3. The number of amides is 1. The maximum Gasteiger partial charge on any atom is 0.416 e. The molecule has 1 aliphatic heterocycles. The summed E-state index contributed by atoms with van der Waals surface area (Å²) in [6.07, 6.45) is -4.09. The van der Waals surface area contributed by atoms with Crippen LogP contribution >= 0.6 is 0 Å². The molecule has 8 heteroatoms. The maximum atomic E-state index is 12.7. The van der Waals surface area contributed by atoms with E-state index in [1.807, 2.05) is 0 Å². The summed E-state index contributed by atoms with van der Waals surface area (Å²) in [5.41, 5.74) is 5.35. The van der Waals surface area contributed by atoms with Gasteiger partial charge in [-0.25, -0.2) is 4.79 Å². The van der Waals surface area contributed by atoms with Crippen molar-refractivity contribution in [2.45, 2.75) is 51.1 Å². The van der Waals surface area contributed by atoms with Gasteiger partial charge in [0.05, 0.1) is 5.56 Å². The highest BCUT2D eigenvalue weighted by molar-refractivity contribution is 5.68. The summed E-state index contributed by atoms with van der Waals surface area (Å²) in [4.78, 5) is 14.0. The number of hydrogen-bond donors (Lipinski definition) is 2. The Morgan fingerprint density at radius 2 is 1.92 bits per heavy atom. The van der Waals surface area contributed by atoms with Crippen LogP contribution in [0.25, 0.3) is 0 Å². The third kappa shape index (κ3) is 5.60. The van der Waals surface area contributed by atoms with Gasteiger partial charge in [-0.15, -0.1) is 0 Å². The number of nitrogens with two attached hydrogens (primary N) is 1. The number of likely N-dealkylation sites (tertiary alicyclic amines) is 1. The van der Waals surface area contributed by atoms with Crippen LogP contribution in [-0.2, 0) is 10.9 Å². The number of rotatable bonds is 4. The molecule has 3 N–H and O–H groups in total. The average Bonchev–Trinajstić information content (AvgIpc) is 2.93. The zero-order valence-electron chi connectivity index (χ0n) is 15.3. The van der Waals surface area contributed by atoms with Crippen molar-refractivity contribution < 1.29 is 22.7 Å². The van der Waals surface area contributed by atoms with Crippen molar-refractivity contribution in [3.8, 4) is 0 Å². The first-order chi connectivity index (χ1) is 12.0. The number of nitrogens with zero attached hydrogens (tertiary/aromatic N) is 1. The Kier molecular flexibility index (Phi) is 6.18. The fraction of sp³-hybridized carbons (Fsp3) is 0.611. The van der Waals surface area contributed by atoms with Crippen LogP contribution in [0.5, 0.6) is 0 Å². The molecule has 146 valence electrons. The van der Waals surface area contributed by atoms with Gasteiger partial charge in [-0.3, -0.25) is 4.90 Å². The van der Waals surface area contributed by atoms with Crippen molar-refractivity contribution in [2.24, 2.45) is 5.73 Å². The lowest BCUT2D eigenvalue weighted by Crippen LogP contribution is -2.41. The molecule has 0 aliphatic carbocycles. The molecule has 2 rings (SSSR count). The highest BCUT2D eigenvalue weighted by Gasteiger charge is 2.32. The zero-order valence-corrected chi connectivity index (χ0v) is 15.3. The van der Waals surface area contributed by atoms with Gasteiger partial charge in [-0.1, -0.05) is 12.1 Å². The molecule has 1 amide bonds. The molecule has 0 unspecified atom stereocenters. The molecule has 1 fully saturated rings. The highest BCUT2D eigenvalue weighted by Crippen LogP contribution is 2.31. The van der Waals surface area contributed by atoms with Crippen LogP contribution in [0.3, 0.4) is 0 Å². The molecule has 0 bridgehead atoms. The van der Waals surface area contributed by atoms with E-state index in [4.69, 9.17) is 10.5 Å².